The van der Waals surface area contributed by atoms with Crippen molar-refractivity contribution in [2.45, 2.75) is 32.6 Å². The van der Waals surface area contributed by atoms with E-state index in [0.29, 0.717) is 31.7 Å². The predicted molar refractivity (Wildman–Crippen MR) is 85.3 cm³/mol. The quantitative estimate of drug-likeness (QED) is 0.918. The van der Waals surface area contributed by atoms with Gasteiger partial charge in [-0.05, 0) is 24.6 Å². The summed E-state index contributed by atoms with van der Waals surface area (Å²) in [5, 5.41) is 0. The first kappa shape index (κ1) is 17.5. The van der Waals surface area contributed by atoms with Crippen LogP contribution in [0.2, 0.25) is 0 Å². The normalized spacial score (nSPS) is 15.0. The fourth-order valence-electron chi connectivity index (χ4n) is 2.91. The van der Waals surface area contributed by atoms with Crippen molar-refractivity contribution in [3.05, 3.63) is 57.3 Å². The molecule has 3 rings (SSSR count). The lowest BCUT2D eigenvalue weighted by atomic mass is 10.1. The molecule has 0 radical (unpaired) electrons. The van der Waals surface area contributed by atoms with E-state index in [4.69, 9.17) is 4.74 Å². The minimum absolute atomic E-state index is 0.232. The molecule has 134 valence electrons. The second-order valence-corrected chi connectivity index (χ2v) is 5.88. The number of aromatic nitrogens is 2. The average molecular weight is 353 g/mol. The zero-order valence-corrected chi connectivity index (χ0v) is 13.7. The van der Waals surface area contributed by atoms with Gasteiger partial charge >= 0.3 is 6.18 Å². The fraction of sp³-hybridized carbons (Fsp3) is 0.412. The number of hydrogen-bond acceptors (Lipinski definition) is 4. The molecule has 1 aromatic carbocycles. The van der Waals surface area contributed by atoms with Crippen LogP contribution >= 0.6 is 0 Å². The Morgan fingerprint density at radius 1 is 1.36 bits per heavy atom. The van der Waals surface area contributed by atoms with E-state index in [1.54, 1.807) is 0 Å². The molecular formula is C17H18F3N3O2. The summed E-state index contributed by atoms with van der Waals surface area (Å²) < 4.78 is 43.7. The lowest BCUT2D eigenvalue weighted by Gasteiger charge is -2.28. The Bertz CT molecular complexity index is 818. The van der Waals surface area contributed by atoms with E-state index in [1.807, 2.05) is 41.1 Å². The van der Waals surface area contributed by atoms with Crippen LogP contribution in [0.3, 0.4) is 0 Å². The van der Waals surface area contributed by atoms with Crippen molar-refractivity contribution in [1.82, 2.24) is 14.9 Å². The molecule has 1 aliphatic heterocycles. The fourth-order valence-corrected chi connectivity index (χ4v) is 2.91. The van der Waals surface area contributed by atoms with E-state index in [0.717, 1.165) is 11.3 Å². The first-order valence-corrected chi connectivity index (χ1v) is 8.00. The average Bonchev–Trinajstić information content (AvgIpc) is 2.55. The molecule has 1 N–H and O–H groups in total. The summed E-state index contributed by atoms with van der Waals surface area (Å²) in [6.07, 6.45) is -4.33. The maximum Gasteiger partial charge on any atom is 0.449 e. The molecule has 0 saturated heterocycles. The molecule has 0 amide bonds. The van der Waals surface area contributed by atoms with Gasteiger partial charge in [0.15, 0.2) is 0 Å². The highest BCUT2D eigenvalue weighted by atomic mass is 19.4. The Balaban J connectivity index is 1.78. The van der Waals surface area contributed by atoms with Gasteiger partial charge in [0.1, 0.15) is 5.75 Å². The van der Waals surface area contributed by atoms with Crippen molar-refractivity contribution in [3.63, 3.8) is 0 Å². The van der Waals surface area contributed by atoms with Crippen LogP contribution < -0.4 is 10.3 Å². The SMILES string of the molecule is CCOc1cccc(CN2CCc3nc(C(F)(F)F)[nH]c(=O)c3C2)c1. The molecule has 0 atom stereocenters. The number of benzene rings is 1. The van der Waals surface area contributed by atoms with Crippen LogP contribution in [-0.4, -0.2) is 28.0 Å². The number of nitrogens with zero attached hydrogens (tertiary/aromatic N) is 2. The van der Waals surface area contributed by atoms with E-state index in [-0.39, 0.29) is 12.2 Å². The number of aromatic amines is 1. The minimum Gasteiger partial charge on any atom is -0.494 e. The number of fused-ring (bicyclic) bond motifs is 1. The van der Waals surface area contributed by atoms with E-state index >= 15 is 0 Å². The van der Waals surface area contributed by atoms with Crippen LogP contribution in [-0.2, 0) is 25.7 Å². The summed E-state index contributed by atoms with van der Waals surface area (Å²) in [4.78, 5) is 19.5. The zero-order valence-electron chi connectivity index (χ0n) is 13.7. The van der Waals surface area contributed by atoms with Gasteiger partial charge in [0.2, 0.25) is 5.82 Å². The highest BCUT2D eigenvalue weighted by molar-refractivity contribution is 5.29. The lowest BCUT2D eigenvalue weighted by molar-refractivity contribution is -0.145. The minimum atomic E-state index is -4.65. The van der Waals surface area contributed by atoms with Crippen molar-refractivity contribution < 1.29 is 17.9 Å². The summed E-state index contributed by atoms with van der Waals surface area (Å²) in [6.45, 7) is 3.88. The van der Waals surface area contributed by atoms with Crippen molar-refractivity contribution >= 4 is 0 Å². The third kappa shape index (κ3) is 4.01. The Kier molecular flexibility index (Phi) is 4.80. The molecule has 0 saturated carbocycles. The van der Waals surface area contributed by atoms with Crippen LogP contribution in [0.1, 0.15) is 29.6 Å². The largest absolute Gasteiger partial charge is 0.494 e. The molecule has 1 aromatic heterocycles. The van der Waals surface area contributed by atoms with Crippen LogP contribution in [0, 0.1) is 0 Å². The second-order valence-electron chi connectivity index (χ2n) is 5.88. The van der Waals surface area contributed by atoms with E-state index in [1.165, 1.54) is 0 Å². The second kappa shape index (κ2) is 6.87. The summed E-state index contributed by atoms with van der Waals surface area (Å²) >= 11 is 0. The maximum absolute atomic E-state index is 12.7. The van der Waals surface area contributed by atoms with E-state index in [2.05, 4.69) is 4.98 Å². The number of halogens is 3. The lowest BCUT2D eigenvalue weighted by Crippen LogP contribution is -2.36. The maximum atomic E-state index is 12.7. The molecule has 2 heterocycles. The molecule has 0 fully saturated rings. The zero-order chi connectivity index (χ0) is 18.0. The van der Waals surface area contributed by atoms with Gasteiger partial charge in [0, 0.05) is 26.1 Å². The van der Waals surface area contributed by atoms with E-state index < -0.39 is 17.6 Å². The monoisotopic (exact) mass is 353 g/mol. The number of rotatable bonds is 4. The Morgan fingerprint density at radius 3 is 2.88 bits per heavy atom. The van der Waals surface area contributed by atoms with Crippen LogP contribution in [0.5, 0.6) is 5.75 Å². The van der Waals surface area contributed by atoms with Gasteiger partial charge < -0.3 is 9.72 Å². The molecule has 0 aliphatic carbocycles. The molecular weight excluding hydrogens is 335 g/mol. The standard InChI is InChI=1S/C17H18F3N3O2/c1-2-25-12-5-3-4-11(8-12)9-23-7-6-14-13(10-23)15(24)22-16(21-14)17(18,19)20/h3-5,8H,2,6-7,9-10H2,1H3,(H,21,22,24). The first-order valence-electron chi connectivity index (χ1n) is 8.00. The summed E-state index contributed by atoms with van der Waals surface area (Å²) in [5.41, 5.74) is 0.839. The number of hydrogen-bond donors (Lipinski definition) is 1. The molecule has 2 aromatic rings. The highest BCUT2D eigenvalue weighted by Gasteiger charge is 2.35. The van der Waals surface area contributed by atoms with E-state index in [9.17, 15) is 18.0 Å². The van der Waals surface area contributed by atoms with Crippen molar-refractivity contribution in [1.29, 1.82) is 0 Å². The van der Waals surface area contributed by atoms with Crippen LogP contribution in [0.4, 0.5) is 13.2 Å². The summed E-state index contributed by atoms with van der Waals surface area (Å²) in [7, 11) is 0. The number of ether oxygens (including phenoxy) is 1. The van der Waals surface area contributed by atoms with Gasteiger partial charge in [0.25, 0.3) is 5.56 Å². The number of H-pyrrole nitrogens is 1. The first-order chi connectivity index (χ1) is 11.9. The molecule has 0 bridgehead atoms. The van der Waals surface area contributed by atoms with Gasteiger partial charge in [-0.1, -0.05) is 12.1 Å². The van der Waals surface area contributed by atoms with Gasteiger partial charge in [0.05, 0.1) is 17.9 Å². The molecule has 8 heteroatoms. The third-order valence-electron chi connectivity index (χ3n) is 4.03. The van der Waals surface area contributed by atoms with Crippen LogP contribution in [0.15, 0.2) is 29.1 Å². The van der Waals surface area contributed by atoms with Crippen LogP contribution in [0.25, 0.3) is 0 Å². The van der Waals surface area contributed by atoms with Gasteiger partial charge in [-0.25, -0.2) is 4.98 Å². The van der Waals surface area contributed by atoms with Gasteiger partial charge in [-0.3, -0.25) is 9.69 Å². The summed E-state index contributed by atoms with van der Waals surface area (Å²) in [5.74, 6) is -0.458. The molecule has 1 aliphatic rings. The Labute approximate surface area is 142 Å². The molecule has 0 unspecified atom stereocenters. The van der Waals surface area contributed by atoms with Crippen molar-refractivity contribution in [3.8, 4) is 5.75 Å². The number of alkyl halides is 3. The Morgan fingerprint density at radius 2 is 2.16 bits per heavy atom. The molecule has 0 spiro atoms. The Hall–Kier alpha value is -2.35. The van der Waals surface area contributed by atoms with Crippen molar-refractivity contribution in [2.75, 3.05) is 13.2 Å². The van der Waals surface area contributed by atoms with Crippen molar-refractivity contribution in [2.24, 2.45) is 0 Å². The number of nitrogens with one attached hydrogen (secondary N) is 1. The highest BCUT2D eigenvalue weighted by Crippen LogP contribution is 2.27. The van der Waals surface area contributed by atoms with Gasteiger partial charge in [-0.2, -0.15) is 13.2 Å². The predicted octanol–water partition coefficient (Wildman–Crippen LogP) is 2.75. The molecule has 25 heavy (non-hydrogen) atoms. The topological polar surface area (TPSA) is 58.2 Å². The third-order valence-corrected chi connectivity index (χ3v) is 4.03. The smallest absolute Gasteiger partial charge is 0.449 e. The molecule has 5 nitrogen and oxygen atoms in total. The summed E-state index contributed by atoms with van der Waals surface area (Å²) in [6, 6.07) is 7.63. The van der Waals surface area contributed by atoms with Gasteiger partial charge in [-0.15, -0.1) is 0 Å².